The minimum Gasteiger partial charge on any atom is -0.475 e. The molecule has 0 N–H and O–H groups in total. The molecule has 3 heteroatoms. The van der Waals surface area contributed by atoms with Gasteiger partial charge in [-0.25, -0.2) is 4.39 Å². The van der Waals surface area contributed by atoms with Crippen molar-refractivity contribution in [3.8, 4) is 5.75 Å². The lowest BCUT2D eigenvalue weighted by atomic mass is 10.1. The van der Waals surface area contributed by atoms with Crippen molar-refractivity contribution >= 4 is 0 Å². The number of hydrogen-bond donors (Lipinski definition) is 0. The molecule has 1 atom stereocenters. The van der Waals surface area contributed by atoms with Crippen molar-refractivity contribution in [1.29, 1.82) is 0 Å². The maximum absolute atomic E-state index is 13.3. The molecule has 2 aromatic carbocycles. The predicted octanol–water partition coefficient (Wildman–Crippen LogP) is 4.22. The van der Waals surface area contributed by atoms with Crippen LogP contribution in [0.5, 0.6) is 5.75 Å². The Hall–Kier alpha value is -1.87. The Morgan fingerprint density at radius 3 is 2.71 bits per heavy atom. The van der Waals surface area contributed by atoms with Gasteiger partial charge in [-0.2, -0.15) is 0 Å². The second-order valence-electron chi connectivity index (χ2n) is 5.48. The topological polar surface area (TPSA) is 12.5 Å². The van der Waals surface area contributed by atoms with Gasteiger partial charge in [0.2, 0.25) is 0 Å². The highest BCUT2D eigenvalue weighted by atomic mass is 19.1. The Kier molecular flexibility index (Phi) is 4.51. The van der Waals surface area contributed by atoms with Crippen molar-refractivity contribution in [1.82, 2.24) is 4.90 Å². The van der Waals surface area contributed by atoms with Gasteiger partial charge in [0.05, 0.1) is 0 Å². The number of nitrogens with zero attached hydrogens (tertiary/aromatic N) is 1. The number of halogens is 1. The zero-order valence-electron chi connectivity index (χ0n) is 12.0. The summed E-state index contributed by atoms with van der Waals surface area (Å²) in [5.41, 5.74) is 1.28. The van der Waals surface area contributed by atoms with Crippen molar-refractivity contribution in [3.63, 3.8) is 0 Å². The van der Waals surface area contributed by atoms with E-state index in [9.17, 15) is 4.39 Å². The van der Waals surface area contributed by atoms with Crippen LogP contribution in [0.4, 0.5) is 4.39 Å². The van der Waals surface area contributed by atoms with Crippen LogP contribution >= 0.6 is 0 Å². The summed E-state index contributed by atoms with van der Waals surface area (Å²) >= 11 is 0. The van der Waals surface area contributed by atoms with E-state index in [2.05, 4.69) is 29.2 Å². The van der Waals surface area contributed by atoms with E-state index in [0.29, 0.717) is 5.75 Å². The highest BCUT2D eigenvalue weighted by Crippen LogP contribution is 2.23. The molecule has 2 nitrogen and oxygen atoms in total. The summed E-state index contributed by atoms with van der Waals surface area (Å²) in [6.07, 6.45) is 3.37. The molecule has 1 aliphatic rings. The number of hydrogen-bond acceptors (Lipinski definition) is 2. The van der Waals surface area contributed by atoms with Crippen LogP contribution in [0, 0.1) is 5.82 Å². The van der Waals surface area contributed by atoms with Crippen molar-refractivity contribution in [2.24, 2.45) is 0 Å². The Labute approximate surface area is 125 Å². The summed E-state index contributed by atoms with van der Waals surface area (Å²) in [5.74, 6) is 0.359. The normalized spacial score (nSPS) is 19.4. The van der Waals surface area contributed by atoms with Crippen molar-refractivity contribution < 1.29 is 9.13 Å². The van der Waals surface area contributed by atoms with Crippen LogP contribution in [-0.2, 0) is 6.54 Å². The van der Waals surface area contributed by atoms with Crippen LogP contribution in [0.3, 0.4) is 0 Å². The molecule has 0 bridgehead atoms. The molecule has 110 valence electrons. The smallest absolute Gasteiger partial charge is 0.152 e. The van der Waals surface area contributed by atoms with Crippen molar-refractivity contribution in [3.05, 3.63) is 66.0 Å². The summed E-state index contributed by atoms with van der Waals surface area (Å²) in [6, 6.07) is 16.8. The van der Waals surface area contributed by atoms with E-state index in [0.717, 1.165) is 25.9 Å². The van der Waals surface area contributed by atoms with Gasteiger partial charge in [0.15, 0.2) is 6.23 Å². The van der Waals surface area contributed by atoms with Gasteiger partial charge in [-0.1, -0.05) is 36.4 Å². The molecule has 0 saturated carbocycles. The monoisotopic (exact) mass is 285 g/mol. The summed E-state index contributed by atoms with van der Waals surface area (Å²) in [7, 11) is 0. The van der Waals surface area contributed by atoms with Crippen molar-refractivity contribution in [2.45, 2.75) is 32.0 Å². The third-order valence-corrected chi connectivity index (χ3v) is 3.85. The van der Waals surface area contributed by atoms with E-state index in [1.54, 1.807) is 6.07 Å². The van der Waals surface area contributed by atoms with Crippen LogP contribution in [-0.4, -0.2) is 17.7 Å². The second kappa shape index (κ2) is 6.72. The average Bonchev–Trinajstić information content (AvgIpc) is 2.50. The quantitative estimate of drug-likeness (QED) is 0.834. The number of likely N-dealkylation sites (tertiary alicyclic amines) is 1. The molecule has 0 aliphatic carbocycles. The van der Waals surface area contributed by atoms with E-state index in [4.69, 9.17) is 4.74 Å². The first-order valence-corrected chi connectivity index (χ1v) is 7.51. The highest BCUT2D eigenvalue weighted by molar-refractivity contribution is 5.22. The van der Waals surface area contributed by atoms with Gasteiger partial charge in [-0.05, 0) is 37.0 Å². The van der Waals surface area contributed by atoms with Crippen LogP contribution in [0.1, 0.15) is 24.8 Å². The molecule has 1 saturated heterocycles. The number of ether oxygens (including phenoxy) is 1. The van der Waals surface area contributed by atoms with Crippen molar-refractivity contribution in [2.75, 3.05) is 6.54 Å². The molecule has 0 spiro atoms. The lowest BCUT2D eigenvalue weighted by Gasteiger charge is -2.35. The zero-order valence-corrected chi connectivity index (χ0v) is 12.0. The fourth-order valence-electron chi connectivity index (χ4n) is 2.79. The molecule has 0 amide bonds. The second-order valence-corrected chi connectivity index (χ2v) is 5.48. The van der Waals surface area contributed by atoms with Crippen LogP contribution < -0.4 is 4.74 Å². The van der Waals surface area contributed by atoms with Crippen LogP contribution in [0.25, 0.3) is 0 Å². The molecule has 0 aromatic heterocycles. The Balaban J connectivity index is 1.69. The fraction of sp³-hybridized carbons (Fsp3) is 0.333. The van der Waals surface area contributed by atoms with Gasteiger partial charge in [0.25, 0.3) is 0 Å². The molecular formula is C18H20FNO. The van der Waals surface area contributed by atoms with E-state index < -0.39 is 0 Å². The lowest BCUT2D eigenvalue weighted by molar-refractivity contribution is -0.00971. The molecule has 1 aliphatic heterocycles. The maximum Gasteiger partial charge on any atom is 0.152 e. The minimum absolute atomic E-state index is 0.0285. The average molecular weight is 285 g/mol. The largest absolute Gasteiger partial charge is 0.475 e. The standard InChI is InChI=1S/C18H20FNO/c19-16-9-6-10-17(13-16)21-18-11-4-5-12-20(18)14-15-7-2-1-3-8-15/h1-3,6-10,13,18H,4-5,11-12,14H2. The lowest BCUT2D eigenvalue weighted by Crippen LogP contribution is -2.42. The Morgan fingerprint density at radius 1 is 1.05 bits per heavy atom. The maximum atomic E-state index is 13.3. The SMILES string of the molecule is Fc1cccc(OC2CCCCN2Cc2ccccc2)c1. The van der Waals surface area contributed by atoms with Gasteiger partial charge in [-0.15, -0.1) is 0 Å². The van der Waals surface area contributed by atoms with E-state index in [1.807, 2.05) is 12.1 Å². The molecule has 1 heterocycles. The first kappa shape index (κ1) is 14.1. The molecule has 1 unspecified atom stereocenters. The van der Waals surface area contributed by atoms with Gasteiger partial charge in [0.1, 0.15) is 11.6 Å². The number of benzene rings is 2. The summed E-state index contributed by atoms with van der Waals surface area (Å²) < 4.78 is 19.3. The molecule has 2 aromatic rings. The third-order valence-electron chi connectivity index (χ3n) is 3.85. The third kappa shape index (κ3) is 3.82. The first-order valence-electron chi connectivity index (χ1n) is 7.51. The van der Waals surface area contributed by atoms with Gasteiger partial charge >= 0.3 is 0 Å². The first-order chi connectivity index (χ1) is 10.3. The van der Waals surface area contributed by atoms with Crippen LogP contribution in [0.15, 0.2) is 54.6 Å². The summed E-state index contributed by atoms with van der Waals surface area (Å²) in [5, 5.41) is 0. The molecular weight excluding hydrogens is 265 g/mol. The zero-order chi connectivity index (χ0) is 14.5. The predicted molar refractivity (Wildman–Crippen MR) is 81.5 cm³/mol. The fourth-order valence-corrected chi connectivity index (χ4v) is 2.79. The number of piperidine rings is 1. The minimum atomic E-state index is -0.252. The molecule has 0 radical (unpaired) electrons. The molecule has 21 heavy (non-hydrogen) atoms. The van der Waals surface area contributed by atoms with Gasteiger partial charge in [0, 0.05) is 19.2 Å². The summed E-state index contributed by atoms with van der Waals surface area (Å²) in [6.45, 7) is 1.90. The van der Waals surface area contributed by atoms with Crippen LogP contribution in [0.2, 0.25) is 0 Å². The Morgan fingerprint density at radius 2 is 1.90 bits per heavy atom. The highest BCUT2D eigenvalue weighted by Gasteiger charge is 2.24. The van der Waals surface area contributed by atoms with E-state index in [-0.39, 0.29) is 12.0 Å². The number of rotatable bonds is 4. The summed E-state index contributed by atoms with van der Waals surface area (Å²) in [4.78, 5) is 2.34. The van der Waals surface area contributed by atoms with E-state index in [1.165, 1.54) is 24.1 Å². The molecule has 3 rings (SSSR count). The van der Waals surface area contributed by atoms with E-state index >= 15 is 0 Å². The van der Waals surface area contributed by atoms with Gasteiger partial charge < -0.3 is 4.74 Å². The Bertz CT molecular complexity index is 572. The van der Waals surface area contributed by atoms with Gasteiger partial charge in [-0.3, -0.25) is 4.90 Å². The molecule has 1 fully saturated rings.